The third kappa shape index (κ3) is 2.96. The normalized spacial score (nSPS) is 14.7. The third-order valence-electron chi connectivity index (χ3n) is 3.48. The Morgan fingerprint density at radius 1 is 1.40 bits per heavy atom. The number of benzene rings is 1. The molecule has 0 saturated heterocycles. The molecule has 0 bridgehead atoms. The van der Waals surface area contributed by atoms with Gasteiger partial charge in [-0.1, -0.05) is 11.6 Å². The van der Waals surface area contributed by atoms with Crippen molar-refractivity contribution < 1.29 is 4.74 Å². The maximum atomic E-state index is 6.01. The van der Waals surface area contributed by atoms with Crippen molar-refractivity contribution in [1.29, 1.82) is 0 Å². The van der Waals surface area contributed by atoms with Gasteiger partial charge in [0.25, 0.3) is 0 Å². The van der Waals surface area contributed by atoms with Crippen LogP contribution < -0.4 is 5.73 Å². The zero-order chi connectivity index (χ0) is 13.9. The van der Waals surface area contributed by atoms with Gasteiger partial charge in [-0.3, -0.25) is 0 Å². The van der Waals surface area contributed by atoms with E-state index in [2.05, 4.69) is 15.5 Å². The number of nitrogen functional groups attached to an aromatic ring is 1. The molecule has 6 nitrogen and oxygen atoms in total. The molecule has 1 heterocycles. The molecule has 1 saturated carbocycles. The number of tetrazole rings is 1. The summed E-state index contributed by atoms with van der Waals surface area (Å²) in [5, 5.41) is 11.8. The van der Waals surface area contributed by atoms with E-state index >= 15 is 0 Å². The Morgan fingerprint density at radius 2 is 2.25 bits per heavy atom. The SMILES string of the molecule is Cc1ccc(N)c(-c2nnnn2CCOCC2CC2)c1. The quantitative estimate of drug-likeness (QED) is 0.639. The molecule has 0 aliphatic heterocycles. The van der Waals surface area contributed by atoms with Crippen LogP contribution in [0.15, 0.2) is 18.2 Å². The van der Waals surface area contributed by atoms with Crippen molar-refractivity contribution in [2.75, 3.05) is 18.9 Å². The largest absolute Gasteiger partial charge is 0.398 e. The number of aromatic nitrogens is 4. The summed E-state index contributed by atoms with van der Waals surface area (Å²) in [6.45, 7) is 4.14. The Kier molecular flexibility index (Phi) is 3.64. The van der Waals surface area contributed by atoms with Gasteiger partial charge >= 0.3 is 0 Å². The molecule has 0 spiro atoms. The van der Waals surface area contributed by atoms with Crippen LogP contribution in [0, 0.1) is 12.8 Å². The summed E-state index contributed by atoms with van der Waals surface area (Å²) in [6.07, 6.45) is 2.60. The van der Waals surface area contributed by atoms with Gasteiger partial charge in [0.1, 0.15) is 0 Å². The number of ether oxygens (including phenoxy) is 1. The second-order valence-electron chi connectivity index (χ2n) is 5.33. The van der Waals surface area contributed by atoms with E-state index in [0.717, 1.165) is 23.7 Å². The van der Waals surface area contributed by atoms with Crippen molar-refractivity contribution in [3.8, 4) is 11.4 Å². The highest BCUT2D eigenvalue weighted by Gasteiger charge is 2.21. The van der Waals surface area contributed by atoms with E-state index in [-0.39, 0.29) is 0 Å². The molecule has 1 fully saturated rings. The molecule has 0 amide bonds. The number of hydrogen-bond donors (Lipinski definition) is 1. The van der Waals surface area contributed by atoms with Crippen LogP contribution >= 0.6 is 0 Å². The predicted octanol–water partition coefficient (Wildman–Crippen LogP) is 1.66. The number of rotatable bonds is 6. The minimum Gasteiger partial charge on any atom is -0.398 e. The van der Waals surface area contributed by atoms with E-state index in [1.165, 1.54) is 12.8 Å². The zero-order valence-corrected chi connectivity index (χ0v) is 11.6. The third-order valence-corrected chi connectivity index (χ3v) is 3.48. The first kappa shape index (κ1) is 13.1. The van der Waals surface area contributed by atoms with Crippen molar-refractivity contribution in [2.24, 2.45) is 5.92 Å². The summed E-state index contributed by atoms with van der Waals surface area (Å²) in [5.74, 6) is 1.47. The lowest BCUT2D eigenvalue weighted by Gasteiger charge is -2.08. The van der Waals surface area contributed by atoms with E-state index < -0.39 is 0 Å². The highest BCUT2D eigenvalue weighted by Crippen LogP contribution is 2.28. The van der Waals surface area contributed by atoms with Gasteiger partial charge in [0.2, 0.25) is 0 Å². The molecule has 1 aromatic heterocycles. The lowest BCUT2D eigenvalue weighted by molar-refractivity contribution is 0.114. The molecule has 3 rings (SSSR count). The molecule has 2 N–H and O–H groups in total. The van der Waals surface area contributed by atoms with Gasteiger partial charge in [0, 0.05) is 17.9 Å². The lowest BCUT2D eigenvalue weighted by Crippen LogP contribution is -2.11. The smallest absolute Gasteiger partial charge is 0.184 e. The topological polar surface area (TPSA) is 78.9 Å². The molecule has 0 unspecified atom stereocenters. The monoisotopic (exact) mass is 273 g/mol. The number of hydrogen-bond acceptors (Lipinski definition) is 5. The van der Waals surface area contributed by atoms with Crippen LogP contribution in [0.25, 0.3) is 11.4 Å². The van der Waals surface area contributed by atoms with Crippen LogP contribution in [-0.4, -0.2) is 33.4 Å². The highest BCUT2D eigenvalue weighted by molar-refractivity contribution is 5.71. The molecular formula is C14H19N5O. The minimum atomic E-state index is 0.625. The van der Waals surface area contributed by atoms with E-state index in [4.69, 9.17) is 10.5 Å². The van der Waals surface area contributed by atoms with E-state index in [9.17, 15) is 0 Å². The lowest BCUT2D eigenvalue weighted by atomic mass is 10.1. The molecule has 1 aliphatic rings. The standard InChI is InChI=1S/C14H19N5O/c1-10-2-5-13(15)12(8-10)14-16-17-18-19(14)6-7-20-9-11-3-4-11/h2,5,8,11H,3-4,6-7,9,15H2,1H3. The molecule has 1 aromatic carbocycles. The average molecular weight is 273 g/mol. The molecule has 20 heavy (non-hydrogen) atoms. The fourth-order valence-electron chi connectivity index (χ4n) is 2.10. The maximum absolute atomic E-state index is 6.01. The van der Waals surface area contributed by atoms with Crippen LogP contribution in [0.1, 0.15) is 18.4 Å². The van der Waals surface area contributed by atoms with E-state index in [0.29, 0.717) is 24.7 Å². The molecule has 1 aliphatic carbocycles. The van der Waals surface area contributed by atoms with Crippen LogP contribution in [-0.2, 0) is 11.3 Å². The van der Waals surface area contributed by atoms with Crippen molar-refractivity contribution in [2.45, 2.75) is 26.3 Å². The summed E-state index contributed by atoms with van der Waals surface area (Å²) in [7, 11) is 0. The van der Waals surface area contributed by atoms with Gasteiger partial charge in [-0.25, -0.2) is 4.68 Å². The van der Waals surface area contributed by atoms with E-state index in [1.807, 2.05) is 25.1 Å². The maximum Gasteiger partial charge on any atom is 0.184 e. The zero-order valence-electron chi connectivity index (χ0n) is 11.6. The summed E-state index contributed by atoms with van der Waals surface area (Å²) in [6, 6.07) is 5.86. The Bertz CT molecular complexity index is 591. The first-order valence-corrected chi connectivity index (χ1v) is 6.94. The Morgan fingerprint density at radius 3 is 3.05 bits per heavy atom. The van der Waals surface area contributed by atoms with Gasteiger partial charge in [0.05, 0.1) is 13.2 Å². The van der Waals surface area contributed by atoms with Gasteiger partial charge in [-0.15, -0.1) is 5.10 Å². The molecule has 2 aromatic rings. The fraction of sp³-hybridized carbons (Fsp3) is 0.500. The van der Waals surface area contributed by atoms with Gasteiger partial charge in [-0.2, -0.15) is 0 Å². The summed E-state index contributed by atoms with van der Waals surface area (Å²) >= 11 is 0. The van der Waals surface area contributed by atoms with Crippen LogP contribution in [0.5, 0.6) is 0 Å². The number of anilines is 1. The first-order valence-electron chi connectivity index (χ1n) is 6.94. The molecule has 106 valence electrons. The summed E-state index contributed by atoms with van der Waals surface area (Å²) in [4.78, 5) is 0. The molecule has 0 radical (unpaired) electrons. The first-order chi connectivity index (χ1) is 9.74. The summed E-state index contributed by atoms with van der Waals surface area (Å²) in [5.41, 5.74) is 8.70. The van der Waals surface area contributed by atoms with Crippen LogP contribution in [0.3, 0.4) is 0 Å². The van der Waals surface area contributed by atoms with Crippen molar-refractivity contribution in [3.63, 3.8) is 0 Å². The second kappa shape index (κ2) is 5.58. The Hall–Kier alpha value is -1.95. The molecule has 0 atom stereocenters. The Balaban J connectivity index is 1.70. The van der Waals surface area contributed by atoms with E-state index in [1.54, 1.807) is 4.68 Å². The Labute approximate surface area is 117 Å². The van der Waals surface area contributed by atoms with Gasteiger partial charge in [0.15, 0.2) is 5.82 Å². The second-order valence-corrected chi connectivity index (χ2v) is 5.33. The molecular weight excluding hydrogens is 254 g/mol. The van der Waals surface area contributed by atoms with Gasteiger partial charge < -0.3 is 10.5 Å². The average Bonchev–Trinajstić information content (AvgIpc) is 3.15. The number of nitrogens with zero attached hydrogens (tertiary/aromatic N) is 4. The predicted molar refractivity (Wildman–Crippen MR) is 75.9 cm³/mol. The van der Waals surface area contributed by atoms with Gasteiger partial charge in [-0.05, 0) is 48.2 Å². The van der Waals surface area contributed by atoms with Crippen LogP contribution in [0.4, 0.5) is 5.69 Å². The van der Waals surface area contributed by atoms with Crippen molar-refractivity contribution >= 4 is 5.69 Å². The van der Waals surface area contributed by atoms with Crippen molar-refractivity contribution in [3.05, 3.63) is 23.8 Å². The fourth-order valence-corrected chi connectivity index (χ4v) is 2.10. The van der Waals surface area contributed by atoms with Crippen molar-refractivity contribution in [1.82, 2.24) is 20.2 Å². The molecule has 6 heteroatoms. The minimum absolute atomic E-state index is 0.625. The van der Waals surface area contributed by atoms with Crippen LogP contribution in [0.2, 0.25) is 0 Å². The number of aryl methyl sites for hydroxylation is 1. The number of nitrogens with two attached hydrogens (primary N) is 1. The summed E-state index contributed by atoms with van der Waals surface area (Å²) < 4.78 is 7.38. The highest BCUT2D eigenvalue weighted by atomic mass is 16.5.